The van der Waals surface area contributed by atoms with Gasteiger partial charge in [0, 0.05) is 30.8 Å². The molecule has 0 aromatic heterocycles. The van der Waals surface area contributed by atoms with Crippen LogP contribution in [-0.4, -0.2) is 76.2 Å². The maximum absolute atomic E-state index is 11.8. The molecule has 0 spiro atoms. The van der Waals surface area contributed by atoms with Gasteiger partial charge in [-0.3, -0.25) is 4.79 Å². The number of amides is 1. The van der Waals surface area contributed by atoms with E-state index >= 15 is 0 Å². The summed E-state index contributed by atoms with van der Waals surface area (Å²) in [6, 6.07) is 7.06. The number of carbonyl (C=O) groups excluding carboxylic acids is 1. The molecule has 0 saturated heterocycles. The van der Waals surface area contributed by atoms with Crippen LogP contribution in [0.2, 0.25) is 0 Å². The number of hydrogen-bond acceptors (Lipinski definition) is 9. The van der Waals surface area contributed by atoms with Crippen LogP contribution in [0, 0.1) is 10.1 Å². The lowest BCUT2D eigenvalue weighted by atomic mass is 10.1. The molecule has 0 bridgehead atoms. The van der Waals surface area contributed by atoms with Crippen LogP contribution in [0.15, 0.2) is 36.4 Å². The van der Waals surface area contributed by atoms with Crippen LogP contribution >= 0.6 is 0 Å². The second kappa shape index (κ2) is 16.8. The van der Waals surface area contributed by atoms with E-state index < -0.39 is 23.1 Å². The van der Waals surface area contributed by atoms with Crippen molar-refractivity contribution in [3.8, 4) is 5.75 Å². The number of rotatable bonds is 14. The summed E-state index contributed by atoms with van der Waals surface area (Å²) in [4.78, 5) is 45.1. The van der Waals surface area contributed by atoms with Gasteiger partial charge >= 0.3 is 11.9 Å². The van der Waals surface area contributed by atoms with Gasteiger partial charge in [0.1, 0.15) is 18.5 Å². The van der Waals surface area contributed by atoms with E-state index in [1.54, 1.807) is 24.3 Å². The Labute approximate surface area is 202 Å². The van der Waals surface area contributed by atoms with Crippen LogP contribution in [-0.2, 0) is 25.6 Å². The number of carbonyl (C=O) groups is 3. The molecule has 13 nitrogen and oxygen atoms in total. The van der Waals surface area contributed by atoms with E-state index in [1.807, 2.05) is 20.8 Å². The minimum absolute atomic E-state index is 0.0452. The van der Waals surface area contributed by atoms with E-state index in [-0.39, 0.29) is 31.1 Å². The number of hydrogen-bond donors (Lipinski definition) is 5. The Kier molecular flexibility index (Phi) is 15.0. The van der Waals surface area contributed by atoms with E-state index in [0.29, 0.717) is 37.4 Å². The van der Waals surface area contributed by atoms with E-state index in [0.717, 1.165) is 5.56 Å². The Balaban J connectivity index is 0.00000124. The zero-order valence-electron chi connectivity index (χ0n) is 19.9. The number of carboxylic acids is 2. The van der Waals surface area contributed by atoms with Gasteiger partial charge in [-0.1, -0.05) is 12.1 Å². The van der Waals surface area contributed by atoms with Crippen molar-refractivity contribution in [2.24, 2.45) is 0 Å². The van der Waals surface area contributed by atoms with Crippen LogP contribution in [0.5, 0.6) is 5.75 Å². The van der Waals surface area contributed by atoms with Crippen molar-refractivity contribution in [3.05, 3.63) is 52.1 Å². The molecule has 1 rings (SSSR count). The third-order valence-corrected chi connectivity index (χ3v) is 3.81. The summed E-state index contributed by atoms with van der Waals surface area (Å²) in [7, 11) is 0. The molecule has 0 saturated carbocycles. The lowest BCUT2D eigenvalue weighted by Crippen LogP contribution is -2.42. The van der Waals surface area contributed by atoms with Gasteiger partial charge in [-0.25, -0.2) is 9.59 Å². The number of aliphatic hydroxyl groups excluding tert-OH is 1. The molecule has 0 radical (unpaired) electrons. The molecule has 1 atom stereocenters. The minimum Gasteiger partial charge on any atom is -0.491 e. The highest BCUT2D eigenvalue weighted by Gasteiger charge is 2.12. The van der Waals surface area contributed by atoms with Gasteiger partial charge in [0.2, 0.25) is 5.91 Å². The zero-order chi connectivity index (χ0) is 26.9. The molecule has 1 aromatic carbocycles. The van der Waals surface area contributed by atoms with Gasteiger partial charge in [0.25, 0.3) is 5.09 Å². The van der Waals surface area contributed by atoms with Gasteiger partial charge in [-0.15, -0.1) is 10.1 Å². The number of nitrogens with zero attached hydrogens (tertiary/aromatic N) is 1. The van der Waals surface area contributed by atoms with Gasteiger partial charge in [0.05, 0.1) is 13.0 Å². The number of nitrogens with one attached hydrogen (secondary N) is 2. The fourth-order valence-corrected chi connectivity index (χ4v) is 2.21. The average Bonchev–Trinajstić information content (AvgIpc) is 2.75. The predicted octanol–water partition coefficient (Wildman–Crippen LogP) is 0.783. The van der Waals surface area contributed by atoms with E-state index in [9.17, 15) is 29.6 Å². The monoisotopic (exact) mass is 499 g/mol. The second-order valence-corrected chi connectivity index (χ2v) is 8.19. The maximum atomic E-state index is 11.8. The topological polar surface area (TPSA) is 198 Å². The number of benzene rings is 1. The summed E-state index contributed by atoms with van der Waals surface area (Å²) in [6.45, 7) is 6.95. The fraction of sp³-hybridized carbons (Fsp3) is 0.500. The summed E-state index contributed by atoms with van der Waals surface area (Å²) in [5.74, 6) is -2.07. The number of β-amino-alcohol motifs (C(OH)–C–C–N with tert-alkyl or cyclic N) is 1. The SMILES string of the molecule is CC(C)(C)NCC(O)COc1ccc(CC(=O)NCCCO[N+](=O)[O-])cc1.O=C(O)/C=C/C(=O)O. The largest absolute Gasteiger partial charge is 0.491 e. The van der Waals surface area contributed by atoms with E-state index in [2.05, 4.69) is 15.5 Å². The molecule has 196 valence electrons. The first-order chi connectivity index (χ1) is 16.3. The molecule has 13 heteroatoms. The average molecular weight is 500 g/mol. The molecule has 0 heterocycles. The Morgan fingerprint density at radius 1 is 1.11 bits per heavy atom. The first-order valence-corrected chi connectivity index (χ1v) is 10.6. The maximum Gasteiger partial charge on any atom is 0.328 e. The lowest BCUT2D eigenvalue weighted by molar-refractivity contribution is -0.757. The van der Waals surface area contributed by atoms with Crippen LogP contribution < -0.4 is 15.4 Å². The second-order valence-electron chi connectivity index (χ2n) is 8.19. The summed E-state index contributed by atoms with van der Waals surface area (Å²) in [5, 5.41) is 40.5. The summed E-state index contributed by atoms with van der Waals surface area (Å²) >= 11 is 0. The molecule has 35 heavy (non-hydrogen) atoms. The summed E-state index contributed by atoms with van der Waals surface area (Å²) in [6.07, 6.45) is 1.07. The van der Waals surface area contributed by atoms with Crippen LogP contribution in [0.4, 0.5) is 0 Å². The first-order valence-electron chi connectivity index (χ1n) is 10.6. The van der Waals surface area contributed by atoms with E-state index in [4.69, 9.17) is 14.9 Å². The number of ether oxygens (including phenoxy) is 1. The molecule has 0 fully saturated rings. The normalized spacial score (nSPS) is 11.7. The number of carboxylic acid groups (broad SMARTS) is 2. The van der Waals surface area contributed by atoms with Gasteiger partial charge in [0.15, 0.2) is 0 Å². The molecule has 5 N–H and O–H groups in total. The first kappa shape index (κ1) is 31.3. The Morgan fingerprint density at radius 3 is 2.17 bits per heavy atom. The molecule has 0 aliphatic rings. The summed E-state index contributed by atoms with van der Waals surface area (Å²) < 4.78 is 5.54. The lowest BCUT2D eigenvalue weighted by Gasteiger charge is -2.23. The predicted molar refractivity (Wildman–Crippen MR) is 124 cm³/mol. The van der Waals surface area contributed by atoms with Crippen molar-refractivity contribution in [2.45, 2.75) is 45.3 Å². The van der Waals surface area contributed by atoms with E-state index in [1.165, 1.54) is 0 Å². The third-order valence-electron chi connectivity index (χ3n) is 3.81. The molecule has 0 aliphatic heterocycles. The molecule has 1 aromatic rings. The van der Waals surface area contributed by atoms with Crippen LogP contribution in [0.3, 0.4) is 0 Å². The quantitative estimate of drug-likeness (QED) is 0.105. The Bertz CT molecular complexity index is 819. The Morgan fingerprint density at radius 2 is 1.69 bits per heavy atom. The van der Waals surface area contributed by atoms with Gasteiger partial charge in [-0.2, -0.15) is 0 Å². The molecule has 0 aliphatic carbocycles. The molecule has 1 amide bonds. The summed E-state index contributed by atoms with van der Waals surface area (Å²) in [5.41, 5.74) is 0.749. The van der Waals surface area contributed by atoms with Crippen molar-refractivity contribution >= 4 is 17.8 Å². The highest BCUT2D eigenvalue weighted by atomic mass is 16.9. The third kappa shape index (κ3) is 20.6. The molecular formula is C22H33N3O10. The fourth-order valence-electron chi connectivity index (χ4n) is 2.21. The van der Waals surface area contributed by atoms with Crippen molar-refractivity contribution in [1.29, 1.82) is 0 Å². The highest BCUT2D eigenvalue weighted by molar-refractivity contribution is 5.89. The van der Waals surface area contributed by atoms with Gasteiger partial charge in [-0.05, 0) is 44.9 Å². The highest BCUT2D eigenvalue weighted by Crippen LogP contribution is 2.13. The molecule has 1 unspecified atom stereocenters. The standard InChI is InChI=1S/C18H29N3O6.C4H4O4/c1-18(2,3)20-12-15(22)13-26-16-7-5-14(6-8-16)11-17(23)19-9-4-10-27-21(24)25;5-3(6)1-2-4(7)8/h5-8,15,20,22H,4,9-13H2,1-3H3,(H,19,23);1-2H,(H,5,6)(H,7,8)/b;2-1+. The van der Waals surface area contributed by atoms with Crippen LogP contribution in [0.1, 0.15) is 32.8 Å². The minimum atomic E-state index is -1.26. The van der Waals surface area contributed by atoms with Crippen LogP contribution in [0.25, 0.3) is 0 Å². The molecular weight excluding hydrogens is 466 g/mol. The number of aliphatic hydroxyl groups is 1. The zero-order valence-corrected chi connectivity index (χ0v) is 19.9. The smallest absolute Gasteiger partial charge is 0.328 e. The Hall–Kier alpha value is -3.71. The number of aliphatic carboxylic acids is 2. The van der Waals surface area contributed by atoms with Crippen molar-refractivity contribution < 1.29 is 44.4 Å². The van der Waals surface area contributed by atoms with Crippen molar-refractivity contribution in [2.75, 3.05) is 26.3 Å². The van der Waals surface area contributed by atoms with Gasteiger partial charge < -0.3 is 35.5 Å². The van der Waals surface area contributed by atoms with Crippen molar-refractivity contribution in [3.63, 3.8) is 0 Å². The van der Waals surface area contributed by atoms with Crippen molar-refractivity contribution in [1.82, 2.24) is 10.6 Å².